The maximum Gasteiger partial charge on any atom is 0.282 e. The number of carbonyl (C=O) groups is 1. The van der Waals surface area contributed by atoms with Crippen molar-refractivity contribution in [1.29, 1.82) is 0 Å². The smallest absolute Gasteiger partial charge is 0.282 e. The fourth-order valence-electron chi connectivity index (χ4n) is 1.20. The van der Waals surface area contributed by atoms with Crippen molar-refractivity contribution in [2.45, 2.75) is 13.0 Å². The summed E-state index contributed by atoms with van der Waals surface area (Å²) in [6, 6.07) is 2.43. The van der Waals surface area contributed by atoms with Crippen LogP contribution in [0, 0.1) is 15.9 Å². The molecule has 0 saturated carbocycles. The lowest BCUT2D eigenvalue weighted by atomic mass is 10.1. The van der Waals surface area contributed by atoms with Gasteiger partial charge in [0.05, 0.1) is 4.92 Å². The van der Waals surface area contributed by atoms with Gasteiger partial charge < -0.3 is 11.1 Å². The topological polar surface area (TPSA) is 98.3 Å². The number of nitrogens with two attached hydrogens (primary N) is 1. The number of hydrogen-bond donors (Lipinski definition) is 2. The first kappa shape index (κ1) is 13.0. The standard InChI is InChI=1S/C10H12FN3O3/c1-6(12)5-13-10(15)8-4-7(11)2-3-9(8)14(16)17/h2-4,6H,5,12H2,1H3,(H,13,15). The molecule has 0 fully saturated rings. The van der Waals surface area contributed by atoms with Crippen LogP contribution in [0.25, 0.3) is 0 Å². The third-order valence-corrected chi connectivity index (χ3v) is 1.98. The van der Waals surface area contributed by atoms with Gasteiger partial charge in [0.1, 0.15) is 11.4 Å². The molecule has 0 heterocycles. The Labute approximate surface area is 96.8 Å². The van der Waals surface area contributed by atoms with Crippen molar-refractivity contribution in [1.82, 2.24) is 5.32 Å². The van der Waals surface area contributed by atoms with Gasteiger partial charge in [0.15, 0.2) is 0 Å². The molecule has 0 aliphatic heterocycles. The molecular formula is C10H12FN3O3. The highest BCUT2D eigenvalue weighted by atomic mass is 19.1. The Kier molecular flexibility index (Phi) is 4.11. The van der Waals surface area contributed by atoms with Crippen LogP contribution in [0.15, 0.2) is 18.2 Å². The van der Waals surface area contributed by atoms with Crippen LogP contribution in [0.5, 0.6) is 0 Å². The second kappa shape index (κ2) is 5.35. The van der Waals surface area contributed by atoms with Gasteiger partial charge >= 0.3 is 0 Å². The molecule has 1 aromatic rings. The quantitative estimate of drug-likeness (QED) is 0.602. The summed E-state index contributed by atoms with van der Waals surface area (Å²) < 4.78 is 12.9. The summed E-state index contributed by atoms with van der Waals surface area (Å²) in [6.45, 7) is 1.83. The number of nitrogens with zero attached hydrogens (tertiary/aromatic N) is 1. The van der Waals surface area contributed by atoms with Crippen molar-refractivity contribution >= 4 is 11.6 Å². The van der Waals surface area contributed by atoms with Gasteiger partial charge in [-0.1, -0.05) is 0 Å². The van der Waals surface area contributed by atoms with E-state index in [1.165, 1.54) is 0 Å². The number of hydrogen-bond acceptors (Lipinski definition) is 4. The maximum absolute atomic E-state index is 12.9. The van der Waals surface area contributed by atoms with E-state index in [1.54, 1.807) is 6.92 Å². The van der Waals surface area contributed by atoms with E-state index in [2.05, 4.69) is 5.32 Å². The minimum Gasteiger partial charge on any atom is -0.350 e. The number of amides is 1. The first-order valence-corrected chi connectivity index (χ1v) is 4.89. The maximum atomic E-state index is 12.9. The second-order valence-electron chi connectivity index (χ2n) is 3.61. The molecule has 1 rings (SSSR count). The predicted octanol–water partition coefficient (Wildman–Crippen LogP) is 0.811. The zero-order valence-electron chi connectivity index (χ0n) is 9.14. The van der Waals surface area contributed by atoms with Crippen LogP contribution in [0.3, 0.4) is 0 Å². The van der Waals surface area contributed by atoms with Crippen LogP contribution < -0.4 is 11.1 Å². The molecular weight excluding hydrogens is 229 g/mol. The molecule has 0 spiro atoms. The fourth-order valence-corrected chi connectivity index (χ4v) is 1.20. The lowest BCUT2D eigenvalue weighted by Gasteiger charge is -2.08. The number of nitro benzene ring substituents is 1. The van der Waals surface area contributed by atoms with E-state index in [1.807, 2.05) is 0 Å². The molecule has 1 amide bonds. The zero-order valence-corrected chi connectivity index (χ0v) is 9.14. The van der Waals surface area contributed by atoms with E-state index in [0.717, 1.165) is 18.2 Å². The monoisotopic (exact) mass is 241 g/mol. The van der Waals surface area contributed by atoms with Gasteiger partial charge in [-0.2, -0.15) is 0 Å². The molecule has 1 aromatic carbocycles. The summed E-state index contributed by atoms with van der Waals surface area (Å²) in [5.74, 6) is -1.42. The number of benzene rings is 1. The Morgan fingerprint density at radius 1 is 1.65 bits per heavy atom. The van der Waals surface area contributed by atoms with Crippen LogP contribution in [-0.4, -0.2) is 23.4 Å². The van der Waals surface area contributed by atoms with Crippen molar-refractivity contribution in [3.8, 4) is 0 Å². The minimum atomic E-state index is -0.736. The van der Waals surface area contributed by atoms with Crippen molar-refractivity contribution < 1.29 is 14.1 Å². The first-order valence-electron chi connectivity index (χ1n) is 4.89. The summed E-state index contributed by atoms with van der Waals surface area (Å²) in [7, 11) is 0. The molecule has 3 N–H and O–H groups in total. The molecule has 7 heteroatoms. The van der Waals surface area contributed by atoms with Crippen LogP contribution >= 0.6 is 0 Å². The predicted molar refractivity (Wildman–Crippen MR) is 59.0 cm³/mol. The van der Waals surface area contributed by atoms with Gasteiger partial charge in [-0.25, -0.2) is 4.39 Å². The third-order valence-electron chi connectivity index (χ3n) is 1.98. The summed E-state index contributed by atoms with van der Waals surface area (Å²) in [4.78, 5) is 21.5. The highest BCUT2D eigenvalue weighted by Crippen LogP contribution is 2.19. The molecule has 0 radical (unpaired) electrons. The van der Waals surface area contributed by atoms with Crippen LogP contribution in [0.2, 0.25) is 0 Å². The molecule has 17 heavy (non-hydrogen) atoms. The van der Waals surface area contributed by atoms with Gasteiger partial charge in [-0.3, -0.25) is 14.9 Å². The Morgan fingerprint density at radius 2 is 2.29 bits per heavy atom. The molecule has 0 bridgehead atoms. The Balaban J connectivity index is 2.98. The van der Waals surface area contributed by atoms with E-state index in [0.29, 0.717) is 0 Å². The minimum absolute atomic E-state index is 0.159. The van der Waals surface area contributed by atoms with Crippen LogP contribution in [0.4, 0.5) is 10.1 Å². The van der Waals surface area contributed by atoms with Crippen molar-refractivity contribution in [3.63, 3.8) is 0 Å². The van der Waals surface area contributed by atoms with Crippen molar-refractivity contribution in [2.24, 2.45) is 5.73 Å². The van der Waals surface area contributed by atoms with Crippen molar-refractivity contribution in [3.05, 3.63) is 39.7 Å². The third kappa shape index (κ3) is 3.49. The molecule has 1 atom stereocenters. The summed E-state index contributed by atoms with van der Waals surface area (Å²) >= 11 is 0. The number of rotatable bonds is 4. The van der Waals surface area contributed by atoms with Gasteiger partial charge in [-0.15, -0.1) is 0 Å². The first-order chi connectivity index (χ1) is 7.91. The Morgan fingerprint density at radius 3 is 2.82 bits per heavy atom. The Bertz CT molecular complexity index is 448. The van der Waals surface area contributed by atoms with E-state index in [9.17, 15) is 19.3 Å². The molecule has 0 aliphatic rings. The average Bonchev–Trinajstić information content (AvgIpc) is 2.25. The van der Waals surface area contributed by atoms with Gasteiger partial charge in [-0.05, 0) is 19.1 Å². The Hall–Kier alpha value is -2.02. The summed E-state index contributed by atoms with van der Waals surface area (Å²) in [5.41, 5.74) is 4.68. The second-order valence-corrected chi connectivity index (χ2v) is 3.61. The molecule has 92 valence electrons. The van der Waals surface area contributed by atoms with E-state index in [4.69, 9.17) is 5.73 Å². The lowest BCUT2D eigenvalue weighted by Crippen LogP contribution is -2.35. The van der Waals surface area contributed by atoms with Gasteiger partial charge in [0.2, 0.25) is 0 Å². The van der Waals surface area contributed by atoms with Gasteiger partial charge in [0, 0.05) is 18.7 Å². The highest BCUT2D eigenvalue weighted by molar-refractivity contribution is 5.98. The molecule has 1 unspecified atom stereocenters. The van der Waals surface area contributed by atoms with E-state index in [-0.39, 0.29) is 18.2 Å². The summed E-state index contributed by atoms with van der Waals surface area (Å²) in [5, 5.41) is 13.0. The van der Waals surface area contributed by atoms with Crippen molar-refractivity contribution in [2.75, 3.05) is 6.54 Å². The largest absolute Gasteiger partial charge is 0.350 e. The molecule has 0 aliphatic carbocycles. The highest BCUT2D eigenvalue weighted by Gasteiger charge is 2.20. The number of carbonyl (C=O) groups excluding carboxylic acids is 1. The zero-order chi connectivity index (χ0) is 13.0. The van der Waals surface area contributed by atoms with E-state index < -0.39 is 22.3 Å². The number of halogens is 1. The fraction of sp³-hybridized carbons (Fsp3) is 0.300. The SMILES string of the molecule is CC(N)CNC(=O)c1cc(F)ccc1[N+](=O)[O-]. The molecule has 0 saturated heterocycles. The molecule has 6 nitrogen and oxygen atoms in total. The van der Waals surface area contributed by atoms with Crippen LogP contribution in [0.1, 0.15) is 17.3 Å². The normalized spacial score (nSPS) is 11.9. The van der Waals surface area contributed by atoms with Gasteiger partial charge in [0.25, 0.3) is 11.6 Å². The van der Waals surface area contributed by atoms with E-state index >= 15 is 0 Å². The van der Waals surface area contributed by atoms with Crippen LogP contribution in [-0.2, 0) is 0 Å². The number of nitro groups is 1. The number of nitrogens with one attached hydrogen (secondary N) is 1. The molecule has 0 aromatic heterocycles. The summed E-state index contributed by atoms with van der Waals surface area (Å²) in [6.07, 6.45) is 0. The lowest BCUT2D eigenvalue weighted by molar-refractivity contribution is -0.385. The average molecular weight is 241 g/mol.